The topological polar surface area (TPSA) is 40.0 Å². The second kappa shape index (κ2) is 8.37. The maximum absolute atomic E-state index is 5.78. The molecule has 1 aliphatic carbocycles. The van der Waals surface area contributed by atoms with Crippen molar-refractivity contribution < 1.29 is 14.2 Å². The number of methoxy groups -OCH3 is 2. The Morgan fingerprint density at radius 2 is 1.73 bits per heavy atom. The Morgan fingerprint density at radius 1 is 0.962 bits per heavy atom. The van der Waals surface area contributed by atoms with Gasteiger partial charge in [-0.15, -0.1) is 0 Å². The molecule has 2 aromatic carbocycles. The molecule has 26 heavy (non-hydrogen) atoms. The largest absolute Gasteiger partial charge is 0.496 e. The number of aryl methyl sites for hydroxylation is 3. The maximum atomic E-state index is 5.78. The Kier molecular flexibility index (Phi) is 5.94. The molecule has 3 rings (SSSR count). The van der Waals surface area contributed by atoms with Gasteiger partial charge in [0.15, 0.2) is 0 Å². The standard InChI is InChI=1S/C22H27NO3/c1-15-12-18(13-16(2)22(15)25-4)23-21-7-5-6-17-8-9-19(14-20(17)21)26-11-10-24-3/h8-9,12-14H,5-7,10-11H2,1-4H3. The minimum atomic E-state index is 0.554. The third-order valence-corrected chi connectivity index (χ3v) is 4.72. The summed E-state index contributed by atoms with van der Waals surface area (Å²) >= 11 is 0. The molecule has 1 aliphatic rings. The predicted molar refractivity (Wildman–Crippen MR) is 105 cm³/mol. The van der Waals surface area contributed by atoms with Gasteiger partial charge in [0.05, 0.1) is 19.4 Å². The number of hydrogen-bond donors (Lipinski definition) is 0. The summed E-state index contributed by atoms with van der Waals surface area (Å²) in [6.45, 7) is 5.26. The van der Waals surface area contributed by atoms with Gasteiger partial charge in [0.1, 0.15) is 18.1 Å². The van der Waals surface area contributed by atoms with Crippen molar-refractivity contribution in [2.45, 2.75) is 33.1 Å². The number of rotatable bonds is 6. The first-order valence-electron chi connectivity index (χ1n) is 9.10. The van der Waals surface area contributed by atoms with Crippen LogP contribution in [-0.4, -0.2) is 33.1 Å². The molecule has 0 N–H and O–H groups in total. The summed E-state index contributed by atoms with van der Waals surface area (Å²) < 4.78 is 16.3. The molecular weight excluding hydrogens is 326 g/mol. The zero-order valence-electron chi connectivity index (χ0n) is 16.1. The van der Waals surface area contributed by atoms with Gasteiger partial charge in [-0.1, -0.05) is 6.07 Å². The maximum Gasteiger partial charge on any atom is 0.124 e. The fraction of sp³-hybridized carbons (Fsp3) is 0.409. The highest BCUT2D eigenvalue weighted by atomic mass is 16.5. The fourth-order valence-electron chi connectivity index (χ4n) is 3.54. The molecule has 0 saturated heterocycles. The van der Waals surface area contributed by atoms with Gasteiger partial charge in [-0.3, -0.25) is 4.99 Å². The Balaban J connectivity index is 1.93. The number of aliphatic imine (C=N–C) groups is 1. The molecule has 2 aromatic rings. The van der Waals surface area contributed by atoms with E-state index in [-0.39, 0.29) is 0 Å². The highest BCUT2D eigenvalue weighted by Gasteiger charge is 2.17. The van der Waals surface area contributed by atoms with Gasteiger partial charge in [-0.05, 0) is 74.1 Å². The van der Waals surface area contributed by atoms with Crippen LogP contribution in [0.25, 0.3) is 0 Å². The zero-order chi connectivity index (χ0) is 18.5. The molecule has 4 heteroatoms. The van der Waals surface area contributed by atoms with Gasteiger partial charge in [0, 0.05) is 18.4 Å². The minimum Gasteiger partial charge on any atom is -0.496 e. The van der Waals surface area contributed by atoms with E-state index in [1.165, 1.54) is 11.1 Å². The normalized spacial score (nSPS) is 15.0. The van der Waals surface area contributed by atoms with E-state index in [1.54, 1.807) is 14.2 Å². The van der Waals surface area contributed by atoms with E-state index in [0.29, 0.717) is 13.2 Å². The number of benzene rings is 2. The third kappa shape index (κ3) is 4.07. The number of hydrogen-bond acceptors (Lipinski definition) is 4. The molecule has 0 unspecified atom stereocenters. The van der Waals surface area contributed by atoms with Crippen molar-refractivity contribution >= 4 is 11.4 Å². The summed E-state index contributed by atoms with van der Waals surface area (Å²) in [4.78, 5) is 4.97. The molecule has 0 amide bonds. The van der Waals surface area contributed by atoms with Crippen LogP contribution in [0.2, 0.25) is 0 Å². The number of fused-ring (bicyclic) bond motifs is 1. The van der Waals surface area contributed by atoms with E-state index < -0.39 is 0 Å². The first-order valence-corrected chi connectivity index (χ1v) is 9.10. The minimum absolute atomic E-state index is 0.554. The summed E-state index contributed by atoms with van der Waals surface area (Å²) in [6, 6.07) is 10.5. The van der Waals surface area contributed by atoms with Crippen molar-refractivity contribution in [3.8, 4) is 11.5 Å². The molecule has 0 saturated carbocycles. The Labute approximate surface area is 155 Å². The van der Waals surface area contributed by atoms with Crippen LogP contribution >= 0.6 is 0 Å². The van der Waals surface area contributed by atoms with Gasteiger partial charge >= 0.3 is 0 Å². The Morgan fingerprint density at radius 3 is 2.42 bits per heavy atom. The fourth-order valence-corrected chi connectivity index (χ4v) is 3.54. The van der Waals surface area contributed by atoms with E-state index >= 15 is 0 Å². The Hall–Kier alpha value is -2.33. The highest BCUT2D eigenvalue weighted by Crippen LogP contribution is 2.31. The van der Waals surface area contributed by atoms with Crippen molar-refractivity contribution in [1.82, 2.24) is 0 Å². The van der Waals surface area contributed by atoms with E-state index in [9.17, 15) is 0 Å². The second-order valence-corrected chi connectivity index (χ2v) is 6.69. The van der Waals surface area contributed by atoms with Crippen LogP contribution in [0.5, 0.6) is 11.5 Å². The lowest BCUT2D eigenvalue weighted by molar-refractivity contribution is 0.146. The van der Waals surface area contributed by atoms with Crippen LogP contribution in [0.1, 0.15) is 35.1 Å². The quantitative estimate of drug-likeness (QED) is 0.701. The van der Waals surface area contributed by atoms with Gasteiger partial charge in [-0.25, -0.2) is 0 Å². The molecule has 0 aromatic heterocycles. The van der Waals surface area contributed by atoms with Crippen molar-refractivity contribution in [2.24, 2.45) is 4.99 Å². The van der Waals surface area contributed by atoms with Crippen molar-refractivity contribution in [2.75, 3.05) is 27.4 Å². The molecule has 4 nitrogen and oxygen atoms in total. The molecule has 138 valence electrons. The molecule has 0 radical (unpaired) electrons. The van der Waals surface area contributed by atoms with Crippen LogP contribution in [0.4, 0.5) is 5.69 Å². The molecule has 0 aliphatic heterocycles. The van der Waals surface area contributed by atoms with E-state index in [1.807, 2.05) is 6.07 Å². The van der Waals surface area contributed by atoms with E-state index in [4.69, 9.17) is 19.2 Å². The van der Waals surface area contributed by atoms with Crippen molar-refractivity contribution in [1.29, 1.82) is 0 Å². The van der Waals surface area contributed by atoms with Crippen LogP contribution in [0, 0.1) is 13.8 Å². The lowest BCUT2D eigenvalue weighted by Gasteiger charge is -2.19. The molecule has 0 spiro atoms. The second-order valence-electron chi connectivity index (χ2n) is 6.69. The summed E-state index contributed by atoms with van der Waals surface area (Å²) in [6.07, 6.45) is 3.20. The van der Waals surface area contributed by atoms with Crippen LogP contribution < -0.4 is 9.47 Å². The summed E-state index contributed by atoms with van der Waals surface area (Å²) in [5.41, 5.74) is 6.88. The SMILES string of the molecule is COCCOc1ccc2c(c1)C(=Nc1cc(C)c(OC)c(C)c1)CCC2. The van der Waals surface area contributed by atoms with Gasteiger partial charge in [0.25, 0.3) is 0 Å². The van der Waals surface area contributed by atoms with E-state index in [2.05, 4.69) is 38.1 Å². The van der Waals surface area contributed by atoms with Gasteiger partial charge < -0.3 is 14.2 Å². The summed E-state index contributed by atoms with van der Waals surface area (Å²) in [5, 5.41) is 0. The number of nitrogens with zero attached hydrogens (tertiary/aromatic N) is 1. The molecule has 0 bridgehead atoms. The average Bonchev–Trinajstić information content (AvgIpc) is 2.62. The monoisotopic (exact) mass is 353 g/mol. The highest BCUT2D eigenvalue weighted by molar-refractivity contribution is 6.04. The average molecular weight is 353 g/mol. The lowest BCUT2D eigenvalue weighted by atomic mass is 9.89. The van der Waals surface area contributed by atoms with Crippen LogP contribution in [0.3, 0.4) is 0 Å². The van der Waals surface area contributed by atoms with Crippen molar-refractivity contribution in [3.05, 3.63) is 52.6 Å². The van der Waals surface area contributed by atoms with Gasteiger partial charge in [-0.2, -0.15) is 0 Å². The lowest BCUT2D eigenvalue weighted by Crippen LogP contribution is -2.12. The first kappa shape index (κ1) is 18.5. The van der Waals surface area contributed by atoms with Crippen LogP contribution in [-0.2, 0) is 11.2 Å². The molecule has 0 atom stereocenters. The molecule has 0 fully saturated rings. The summed E-state index contributed by atoms with van der Waals surface area (Å²) in [5.74, 6) is 1.81. The molecule has 0 heterocycles. The number of ether oxygens (including phenoxy) is 3. The predicted octanol–water partition coefficient (Wildman–Crippen LogP) is 4.79. The zero-order valence-corrected chi connectivity index (χ0v) is 16.1. The van der Waals surface area contributed by atoms with Crippen LogP contribution in [0.15, 0.2) is 35.3 Å². The smallest absolute Gasteiger partial charge is 0.124 e. The third-order valence-electron chi connectivity index (χ3n) is 4.72. The Bertz CT molecular complexity index is 788. The first-order chi connectivity index (χ1) is 12.6. The molecular formula is C22H27NO3. The van der Waals surface area contributed by atoms with Gasteiger partial charge in [0.2, 0.25) is 0 Å². The van der Waals surface area contributed by atoms with E-state index in [0.717, 1.165) is 53.3 Å². The summed E-state index contributed by atoms with van der Waals surface area (Å²) in [7, 11) is 3.39. The van der Waals surface area contributed by atoms with Crippen molar-refractivity contribution in [3.63, 3.8) is 0 Å².